The number of carbonyl (C=O) groups excluding carboxylic acids is 1. The summed E-state index contributed by atoms with van der Waals surface area (Å²) in [5, 5.41) is 5.90. The van der Waals surface area contributed by atoms with Gasteiger partial charge in [0.25, 0.3) is 0 Å². The number of ether oxygens (including phenoxy) is 1. The van der Waals surface area contributed by atoms with Gasteiger partial charge in [0.05, 0.1) is 7.11 Å². The van der Waals surface area contributed by atoms with Gasteiger partial charge in [0.2, 0.25) is 0 Å². The summed E-state index contributed by atoms with van der Waals surface area (Å²) in [6, 6.07) is 1.63. The molecule has 0 amide bonds. The molecular weight excluding hydrogens is 258 g/mol. The van der Waals surface area contributed by atoms with E-state index in [4.69, 9.17) is 5.53 Å². The van der Waals surface area contributed by atoms with Crippen molar-refractivity contribution in [1.29, 1.82) is 0 Å². The van der Waals surface area contributed by atoms with E-state index in [-0.39, 0.29) is 18.7 Å². The van der Waals surface area contributed by atoms with Crippen LogP contribution in [-0.2, 0) is 9.53 Å². The average molecular weight is 270 g/mol. The number of esters is 1. The quantitative estimate of drug-likeness (QED) is 0.282. The molecule has 102 valence electrons. The van der Waals surface area contributed by atoms with Crippen LogP contribution in [0.1, 0.15) is 11.6 Å². The fraction of sp³-hybridized carbons (Fsp3) is 0.364. The van der Waals surface area contributed by atoms with E-state index >= 15 is 0 Å². The normalized spacial score (nSPS) is 11.5. The maximum absolute atomic E-state index is 13.6. The Morgan fingerprint density at radius 2 is 2.32 bits per heavy atom. The minimum atomic E-state index is -1.16. The molecule has 1 atom stereocenters. The molecule has 0 spiro atoms. The molecule has 0 bridgehead atoms. The number of nitrogens with one attached hydrogen (secondary N) is 1. The number of hydrogen-bond acceptors (Lipinski definition) is 4. The van der Waals surface area contributed by atoms with Gasteiger partial charge in [0, 0.05) is 23.6 Å². The molecule has 1 aromatic carbocycles. The zero-order chi connectivity index (χ0) is 14.3. The van der Waals surface area contributed by atoms with E-state index in [0.717, 1.165) is 25.3 Å². The second-order valence-electron chi connectivity index (χ2n) is 3.53. The summed E-state index contributed by atoms with van der Waals surface area (Å²) in [5.41, 5.74) is 7.95. The van der Waals surface area contributed by atoms with Crippen molar-refractivity contribution in [2.75, 3.05) is 20.2 Å². The van der Waals surface area contributed by atoms with Crippen LogP contribution in [0.25, 0.3) is 10.4 Å². The van der Waals surface area contributed by atoms with Crippen LogP contribution in [0.5, 0.6) is 0 Å². The van der Waals surface area contributed by atoms with E-state index in [0.29, 0.717) is 0 Å². The van der Waals surface area contributed by atoms with Crippen LogP contribution in [0.4, 0.5) is 8.78 Å². The van der Waals surface area contributed by atoms with Crippen molar-refractivity contribution >= 4 is 5.97 Å². The maximum Gasteiger partial charge on any atom is 0.327 e. The van der Waals surface area contributed by atoms with Crippen molar-refractivity contribution in [3.05, 3.63) is 45.8 Å². The molecule has 0 saturated carbocycles. The first-order valence-corrected chi connectivity index (χ1v) is 5.37. The van der Waals surface area contributed by atoms with Crippen LogP contribution in [0, 0.1) is 11.6 Å². The highest BCUT2D eigenvalue weighted by atomic mass is 19.1. The van der Waals surface area contributed by atoms with Gasteiger partial charge in [-0.25, -0.2) is 13.6 Å². The second-order valence-corrected chi connectivity index (χ2v) is 3.53. The Morgan fingerprint density at radius 1 is 1.58 bits per heavy atom. The number of rotatable bonds is 6. The van der Waals surface area contributed by atoms with Gasteiger partial charge >= 0.3 is 5.97 Å². The molecule has 0 radical (unpaired) electrons. The minimum absolute atomic E-state index is 0.0704. The molecule has 1 N–H and O–H groups in total. The van der Waals surface area contributed by atoms with Gasteiger partial charge in [-0.2, -0.15) is 0 Å². The topological polar surface area (TPSA) is 87.1 Å². The largest absolute Gasteiger partial charge is 0.468 e. The van der Waals surface area contributed by atoms with Crippen molar-refractivity contribution in [2.45, 2.75) is 6.04 Å². The third-order valence-electron chi connectivity index (χ3n) is 2.33. The average Bonchev–Trinajstić information content (AvgIpc) is 2.41. The van der Waals surface area contributed by atoms with Gasteiger partial charge in [-0.3, -0.25) is 0 Å². The summed E-state index contributed by atoms with van der Waals surface area (Å²) >= 11 is 0. The zero-order valence-electron chi connectivity index (χ0n) is 10.1. The van der Waals surface area contributed by atoms with Gasteiger partial charge in [-0.15, -0.1) is 0 Å². The van der Waals surface area contributed by atoms with E-state index < -0.39 is 23.6 Å². The molecule has 0 aromatic heterocycles. The Labute approximate surface area is 108 Å². The lowest BCUT2D eigenvalue weighted by atomic mass is 10.1. The van der Waals surface area contributed by atoms with E-state index in [1.54, 1.807) is 0 Å². The Bertz CT molecular complexity index is 503. The lowest BCUT2D eigenvalue weighted by molar-refractivity contribution is -0.143. The van der Waals surface area contributed by atoms with Crippen LogP contribution >= 0.6 is 0 Å². The molecule has 0 aliphatic carbocycles. The Morgan fingerprint density at radius 3 is 2.95 bits per heavy atom. The Hall–Kier alpha value is -2.18. The van der Waals surface area contributed by atoms with E-state index in [9.17, 15) is 13.6 Å². The number of benzene rings is 1. The molecule has 0 heterocycles. The van der Waals surface area contributed by atoms with Gasteiger partial charge in [-0.05, 0) is 23.7 Å². The highest BCUT2D eigenvalue weighted by Gasteiger charge is 2.24. The van der Waals surface area contributed by atoms with Crippen molar-refractivity contribution < 1.29 is 18.3 Å². The number of azide groups is 1. The van der Waals surface area contributed by atoms with Crippen molar-refractivity contribution in [2.24, 2.45) is 5.11 Å². The number of nitrogens with zero attached hydrogens (tertiary/aromatic N) is 3. The number of hydrogen-bond donors (Lipinski definition) is 1. The minimum Gasteiger partial charge on any atom is -0.468 e. The molecule has 6 nitrogen and oxygen atoms in total. The highest BCUT2D eigenvalue weighted by molar-refractivity contribution is 5.77. The fourth-order valence-electron chi connectivity index (χ4n) is 1.48. The molecule has 8 heteroatoms. The second kappa shape index (κ2) is 7.30. The third kappa shape index (κ3) is 4.20. The van der Waals surface area contributed by atoms with Gasteiger partial charge in [0.15, 0.2) is 0 Å². The maximum atomic E-state index is 13.6. The van der Waals surface area contributed by atoms with Gasteiger partial charge < -0.3 is 10.1 Å². The van der Waals surface area contributed by atoms with E-state index in [1.165, 1.54) is 0 Å². The first-order valence-electron chi connectivity index (χ1n) is 5.37. The first kappa shape index (κ1) is 14.9. The standard InChI is InChI=1S/C11H12F2N4O2/c1-19-11(18)10(15-4-5-16-17-14)8-6-7(12)2-3-9(8)13/h2-3,6,10,15H,4-5H2,1H3. The van der Waals surface area contributed by atoms with Crippen LogP contribution in [-0.4, -0.2) is 26.2 Å². The predicted octanol–water partition coefficient (Wildman–Crippen LogP) is 2.08. The Balaban J connectivity index is 2.92. The molecule has 0 fully saturated rings. The third-order valence-corrected chi connectivity index (χ3v) is 2.33. The van der Waals surface area contributed by atoms with Gasteiger partial charge in [0.1, 0.15) is 17.7 Å². The predicted molar refractivity (Wildman–Crippen MR) is 63.1 cm³/mol. The van der Waals surface area contributed by atoms with E-state index in [2.05, 4.69) is 20.1 Å². The number of carbonyl (C=O) groups is 1. The van der Waals surface area contributed by atoms with Crippen LogP contribution in [0.2, 0.25) is 0 Å². The summed E-state index contributed by atoms with van der Waals surface area (Å²) in [7, 11) is 1.14. The van der Waals surface area contributed by atoms with Crippen molar-refractivity contribution in [3.63, 3.8) is 0 Å². The van der Waals surface area contributed by atoms with Crippen LogP contribution < -0.4 is 5.32 Å². The molecular formula is C11H12F2N4O2. The Kier molecular flexibility index (Phi) is 5.72. The molecule has 19 heavy (non-hydrogen) atoms. The summed E-state index contributed by atoms with van der Waals surface area (Å²) < 4.78 is 31.2. The smallest absolute Gasteiger partial charge is 0.327 e. The monoisotopic (exact) mass is 270 g/mol. The molecule has 0 aliphatic heterocycles. The van der Waals surface area contributed by atoms with Gasteiger partial charge in [-0.1, -0.05) is 5.11 Å². The van der Waals surface area contributed by atoms with Crippen LogP contribution in [0.15, 0.2) is 23.3 Å². The first-order chi connectivity index (χ1) is 9.10. The summed E-state index contributed by atoms with van der Waals surface area (Å²) in [5.74, 6) is -2.15. The lowest BCUT2D eigenvalue weighted by Gasteiger charge is -2.17. The van der Waals surface area contributed by atoms with E-state index in [1.807, 2.05) is 0 Å². The molecule has 1 aromatic rings. The van der Waals surface area contributed by atoms with Crippen molar-refractivity contribution in [3.8, 4) is 0 Å². The molecule has 0 saturated heterocycles. The zero-order valence-corrected chi connectivity index (χ0v) is 10.1. The molecule has 0 aliphatic rings. The fourth-order valence-corrected chi connectivity index (χ4v) is 1.48. The SMILES string of the molecule is COC(=O)C(NCCN=[N+]=[N-])c1cc(F)ccc1F. The number of methoxy groups -OCH3 is 1. The molecule has 1 unspecified atom stereocenters. The number of halogens is 2. The van der Waals surface area contributed by atoms with Crippen LogP contribution in [0.3, 0.4) is 0 Å². The molecule has 1 rings (SSSR count). The summed E-state index contributed by atoms with van der Waals surface area (Å²) in [4.78, 5) is 14.1. The van der Waals surface area contributed by atoms with Crippen molar-refractivity contribution in [1.82, 2.24) is 5.32 Å². The lowest BCUT2D eigenvalue weighted by Crippen LogP contribution is -2.32. The summed E-state index contributed by atoms with van der Waals surface area (Å²) in [6.45, 7) is 0.195. The summed E-state index contributed by atoms with van der Waals surface area (Å²) in [6.07, 6.45) is 0. The highest BCUT2D eigenvalue weighted by Crippen LogP contribution is 2.19.